The summed E-state index contributed by atoms with van der Waals surface area (Å²) in [4.78, 5) is 31.7. The zero-order valence-electron chi connectivity index (χ0n) is 19.7. The van der Waals surface area contributed by atoms with Crippen LogP contribution in [0.5, 0.6) is 5.88 Å². The van der Waals surface area contributed by atoms with E-state index in [9.17, 15) is 27.9 Å². The van der Waals surface area contributed by atoms with Crippen LogP contribution in [0.2, 0.25) is 0 Å². The van der Waals surface area contributed by atoms with Crippen molar-refractivity contribution in [1.82, 2.24) is 24.3 Å². The molecule has 3 heterocycles. The molecule has 12 heteroatoms. The average molecular weight is 522 g/mol. The molecule has 1 aromatic carbocycles. The highest BCUT2D eigenvalue weighted by Gasteiger charge is 2.30. The third-order valence-corrected chi connectivity index (χ3v) is 7.10. The van der Waals surface area contributed by atoms with E-state index < -0.39 is 17.4 Å². The normalized spacial score (nSPS) is 16.1. The summed E-state index contributed by atoms with van der Waals surface area (Å²) in [6.07, 6.45) is 3.07. The van der Waals surface area contributed by atoms with Gasteiger partial charge in [-0.3, -0.25) is 14.3 Å². The minimum atomic E-state index is -4.44. The molecule has 1 saturated heterocycles. The van der Waals surface area contributed by atoms with Gasteiger partial charge < -0.3 is 15.3 Å². The van der Waals surface area contributed by atoms with Crippen LogP contribution in [0.1, 0.15) is 41.9 Å². The highest BCUT2D eigenvalue weighted by molar-refractivity contribution is 8.00. The van der Waals surface area contributed by atoms with Gasteiger partial charge in [0.1, 0.15) is 6.17 Å². The standard InChI is InChI=1S/C24H26F3N5O3S/c1-15-22(34)32(18-3-5-19(6-4-18)36-24(25,26)27)23(35)31(15)21(29-14-33)17-7-10-28-20(13-17)16-8-11-30(2)12-9-16/h3-7,10,13-14,16,21,34H,8-9,11-12H2,1-2H3,(H,29,33). The zero-order chi connectivity index (χ0) is 26.0. The Morgan fingerprint density at radius 2 is 1.86 bits per heavy atom. The minimum absolute atomic E-state index is 0.0475. The maximum atomic E-state index is 13.4. The molecule has 1 amide bonds. The Balaban J connectivity index is 1.71. The second-order valence-corrected chi connectivity index (χ2v) is 9.86. The molecule has 3 aromatic rings. The number of nitrogens with zero attached hydrogens (tertiary/aromatic N) is 4. The number of benzene rings is 1. The number of aromatic hydroxyl groups is 1. The lowest BCUT2D eigenvalue weighted by Gasteiger charge is -2.29. The Labute approximate surface area is 209 Å². The first-order chi connectivity index (χ1) is 17.1. The van der Waals surface area contributed by atoms with E-state index in [4.69, 9.17) is 0 Å². The van der Waals surface area contributed by atoms with E-state index in [1.807, 2.05) is 6.07 Å². The van der Waals surface area contributed by atoms with E-state index in [0.717, 1.165) is 36.2 Å². The van der Waals surface area contributed by atoms with Crippen LogP contribution in [-0.2, 0) is 4.79 Å². The molecule has 2 aromatic heterocycles. The van der Waals surface area contributed by atoms with Crippen LogP contribution < -0.4 is 11.0 Å². The summed E-state index contributed by atoms with van der Waals surface area (Å²) in [5.74, 6) is -0.125. The van der Waals surface area contributed by atoms with Gasteiger partial charge in [0.05, 0.1) is 11.4 Å². The van der Waals surface area contributed by atoms with E-state index in [1.54, 1.807) is 12.3 Å². The molecule has 0 saturated carbocycles. The van der Waals surface area contributed by atoms with Crippen LogP contribution in [-0.4, -0.2) is 56.2 Å². The van der Waals surface area contributed by atoms with Crippen molar-refractivity contribution in [3.05, 3.63) is 70.0 Å². The number of alkyl halides is 3. The van der Waals surface area contributed by atoms with Crippen LogP contribution in [0.3, 0.4) is 0 Å². The molecule has 4 rings (SSSR count). The van der Waals surface area contributed by atoms with E-state index in [2.05, 4.69) is 22.2 Å². The summed E-state index contributed by atoms with van der Waals surface area (Å²) in [6, 6.07) is 8.66. The van der Waals surface area contributed by atoms with Gasteiger partial charge in [0.15, 0.2) is 0 Å². The first-order valence-corrected chi connectivity index (χ1v) is 12.1. The molecule has 1 unspecified atom stereocenters. The molecule has 1 atom stereocenters. The van der Waals surface area contributed by atoms with Crippen molar-refractivity contribution < 1.29 is 23.1 Å². The van der Waals surface area contributed by atoms with Crippen LogP contribution in [0.4, 0.5) is 13.2 Å². The number of halogens is 3. The van der Waals surface area contributed by atoms with Gasteiger partial charge in [0.25, 0.3) is 0 Å². The molecule has 0 bridgehead atoms. The third kappa shape index (κ3) is 5.44. The lowest BCUT2D eigenvalue weighted by atomic mass is 9.92. The Morgan fingerprint density at radius 3 is 2.47 bits per heavy atom. The van der Waals surface area contributed by atoms with E-state index in [-0.39, 0.29) is 39.8 Å². The van der Waals surface area contributed by atoms with Gasteiger partial charge in [0, 0.05) is 22.7 Å². The fraction of sp³-hybridized carbons (Fsp3) is 0.375. The fourth-order valence-corrected chi connectivity index (χ4v) is 5.03. The minimum Gasteiger partial charge on any atom is -0.493 e. The molecule has 192 valence electrons. The first kappa shape index (κ1) is 25.8. The number of aromatic nitrogens is 3. The van der Waals surface area contributed by atoms with Crippen molar-refractivity contribution in [3.8, 4) is 11.6 Å². The number of hydrogen-bond donors (Lipinski definition) is 2. The molecular formula is C24H26F3N5O3S. The molecule has 1 aliphatic heterocycles. The van der Waals surface area contributed by atoms with Crippen LogP contribution in [0.25, 0.3) is 5.69 Å². The van der Waals surface area contributed by atoms with Gasteiger partial charge in [-0.15, -0.1) is 0 Å². The molecule has 2 N–H and O–H groups in total. The maximum absolute atomic E-state index is 13.4. The second-order valence-electron chi connectivity index (χ2n) is 8.72. The second kappa shape index (κ2) is 10.4. The molecule has 0 aliphatic carbocycles. The number of thioether (sulfide) groups is 1. The Bertz CT molecular complexity index is 1280. The van der Waals surface area contributed by atoms with Crippen molar-refractivity contribution >= 4 is 18.2 Å². The molecule has 8 nitrogen and oxygen atoms in total. The van der Waals surface area contributed by atoms with Gasteiger partial charge in [0.2, 0.25) is 12.3 Å². The number of nitrogens with one attached hydrogen (secondary N) is 1. The summed E-state index contributed by atoms with van der Waals surface area (Å²) in [5.41, 5.74) is -3.23. The van der Waals surface area contributed by atoms with Gasteiger partial charge >= 0.3 is 11.2 Å². The number of carbonyl (C=O) groups is 1. The Morgan fingerprint density at radius 1 is 1.19 bits per heavy atom. The molecule has 36 heavy (non-hydrogen) atoms. The number of likely N-dealkylation sites (tertiary alicyclic amines) is 1. The smallest absolute Gasteiger partial charge is 0.446 e. The number of amides is 1. The number of hydrogen-bond acceptors (Lipinski definition) is 6. The van der Waals surface area contributed by atoms with Gasteiger partial charge in [-0.1, -0.05) is 0 Å². The van der Waals surface area contributed by atoms with E-state index >= 15 is 0 Å². The van der Waals surface area contributed by atoms with Gasteiger partial charge in [-0.25, -0.2) is 9.36 Å². The maximum Gasteiger partial charge on any atom is 0.446 e. The van der Waals surface area contributed by atoms with Crippen molar-refractivity contribution in [2.45, 2.75) is 42.3 Å². The Kier molecular flexibility index (Phi) is 7.46. The van der Waals surface area contributed by atoms with Crippen molar-refractivity contribution in [2.24, 2.45) is 0 Å². The van der Waals surface area contributed by atoms with Gasteiger partial charge in [-0.2, -0.15) is 13.2 Å². The summed E-state index contributed by atoms with van der Waals surface area (Å²) in [6.45, 7) is 3.42. The monoisotopic (exact) mass is 521 g/mol. The molecule has 1 aliphatic rings. The topological polar surface area (TPSA) is 92.4 Å². The summed E-state index contributed by atoms with van der Waals surface area (Å²) >= 11 is -0.269. The lowest BCUT2D eigenvalue weighted by molar-refractivity contribution is -0.110. The number of piperidine rings is 1. The average Bonchev–Trinajstić information content (AvgIpc) is 3.05. The number of pyridine rings is 1. The number of imidazole rings is 1. The molecule has 0 spiro atoms. The van der Waals surface area contributed by atoms with Crippen molar-refractivity contribution in [3.63, 3.8) is 0 Å². The predicted octanol–water partition coefficient (Wildman–Crippen LogP) is 3.76. The van der Waals surface area contributed by atoms with Crippen molar-refractivity contribution in [1.29, 1.82) is 0 Å². The molecular weight excluding hydrogens is 495 g/mol. The molecule has 0 radical (unpaired) electrons. The highest BCUT2D eigenvalue weighted by atomic mass is 32.2. The summed E-state index contributed by atoms with van der Waals surface area (Å²) in [7, 11) is 2.07. The quantitative estimate of drug-likeness (QED) is 0.363. The Hall–Kier alpha value is -3.25. The largest absolute Gasteiger partial charge is 0.493 e. The summed E-state index contributed by atoms with van der Waals surface area (Å²) < 4.78 is 40.2. The number of rotatable bonds is 7. The van der Waals surface area contributed by atoms with Crippen LogP contribution in [0.15, 0.2) is 52.3 Å². The first-order valence-electron chi connectivity index (χ1n) is 11.3. The zero-order valence-corrected chi connectivity index (χ0v) is 20.5. The van der Waals surface area contributed by atoms with Crippen LogP contribution >= 0.6 is 11.8 Å². The summed E-state index contributed by atoms with van der Waals surface area (Å²) in [5, 5.41) is 13.4. The highest BCUT2D eigenvalue weighted by Crippen LogP contribution is 2.37. The van der Waals surface area contributed by atoms with Gasteiger partial charge in [-0.05, 0) is 93.6 Å². The van der Waals surface area contributed by atoms with E-state index in [1.165, 1.54) is 35.8 Å². The third-order valence-electron chi connectivity index (χ3n) is 6.36. The van der Waals surface area contributed by atoms with E-state index in [0.29, 0.717) is 12.0 Å². The molecule has 1 fully saturated rings. The predicted molar refractivity (Wildman–Crippen MR) is 129 cm³/mol. The number of carbonyl (C=O) groups excluding carboxylic acids is 1. The lowest BCUT2D eigenvalue weighted by Crippen LogP contribution is -2.36. The fourth-order valence-electron chi connectivity index (χ4n) is 4.49. The van der Waals surface area contributed by atoms with Crippen LogP contribution in [0, 0.1) is 6.92 Å². The van der Waals surface area contributed by atoms with Crippen molar-refractivity contribution in [2.75, 3.05) is 20.1 Å². The SMILES string of the molecule is Cc1c(O)n(-c2ccc(SC(F)(F)F)cc2)c(=O)n1C(NC=O)c1ccnc(C2CCN(C)CC2)c1.